The van der Waals surface area contributed by atoms with Crippen LogP contribution in [0.15, 0.2) is 49.1 Å². The normalized spacial score (nSPS) is 21.7. The predicted molar refractivity (Wildman–Crippen MR) is 177 cm³/mol. The number of rotatable bonds is 9. The Morgan fingerprint density at radius 3 is 2.64 bits per heavy atom. The Kier molecular flexibility index (Phi) is 8.25. The van der Waals surface area contributed by atoms with E-state index in [9.17, 15) is 18.8 Å². The van der Waals surface area contributed by atoms with Crippen molar-refractivity contribution in [1.29, 1.82) is 5.26 Å². The first-order valence-electron chi connectivity index (χ1n) is 16.6. The van der Waals surface area contributed by atoms with E-state index in [1.807, 2.05) is 4.90 Å². The average Bonchev–Trinajstić information content (AvgIpc) is 3.75. The summed E-state index contributed by atoms with van der Waals surface area (Å²) in [7, 11) is 0. The molecule has 0 bridgehead atoms. The van der Waals surface area contributed by atoms with Gasteiger partial charge < -0.3 is 19.4 Å². The van der Waals surface area contributed by atoms with Gasteiger partial charge in [0.25, 0.3) is 5.92 Å². The van der Waals surface area contributed by atoms with Gasteiger partial charge in [-0.1, -0.05) is 36.9 Å². The molecule has 3 aliphatic heterocycles. The van der Waals surface area contributed by atoms with Crippen molar-refractivity contribution in [3.05, 3.63) is 65.9 Å². The second-order valence-corrected chi connectivity index (χ2v) is 13.7. The molecule has 1 amide bonds. The van der Waals surface area contributed by atoms with E-state index >= 15 is 0 Å². The number of carbonyl (C=O) groups excluding carboxylic acids is 1. The molecule has 3 aromatic rings. The molecule has 9 nitrogen and oxygen atoms in total. The summed E-state index contributed by atoms with van der Waals surface area (Å²) < 4.78 is 34.2. The molecule has 246 valence electrons. The van der Waals surface area contributed by atoms with Gasteiger partial charge in [-0.15, -0.1) is 0 Å². The quantitative estimate of drug-likeness (QED) is 0.298. The molecule has 0 N–H and O–H groups in total. The number of carbonyl (C=O) groups is 1. The molecule has 11 heteroatoms. The number of hydrogen-bond donors (Lipinski definition) is 0. The zero-order valence-electron chi connectivity index (χ0n) is 26.9. The van der Waals surface area contributed by atoms with E-state index < -0.39 is 5.92 Å². The van der Waals surface area contributed by atoms with Crippen LogP contribution in [0.5, 0.6) is 6.01 Å². The fraction of sp³-hybridized carbons (Fsp3) is 0.500. The highest BCUT2D eigenvalue weighted by molar-refractivity contribution is 5.97. The van der Waals surface area contributed by atoms with E-state index in [1.165, 1.54) is 28.1 Å². The minimum atomic E-state index is -2.62. The molecule has 4 aliphatic rings. The first-order chi connectivity index (χ1) is 22.7. The van der Waals surface area contributed by atoms with Gasteiger partial charge in [0.2, 0.25) is 5.91 Å². The van der Waals surface area contributed by atoms with E-state index in [0.717, 1.165) is 42.9 Å². The lowest BCUT2D eigenvalue weighted by Gasteiger charge is -2.42. The number of hydrogen-bond acceptors (Lipinski definition) is 8. The van der Waals surface area contributed by atoms with Crippen LogP contribution in [0, 0.1) is 23.7 Å². The van der Waals surface area contributed by atoms with E-state index in [4.69, 9.17) is 14.7 Å². The molecule has 2 saturated heterocycles. The molecule has 1 aromatic heterocycles. The Balaban J connectivity index is 1.19. The van der Waals surface area contributed by atoms with Crippen LogP contribution < -0.4 is 14.5 Å². The number of nitriles is 1. The molecular formula is C36H41F2N7O2. The Morgan fingerprint density at radius 1 is 1.11 bits per heavy atom. The number of halogens is 2. The van der Waals surface area contributed by atoms with Gasteiger partial charge in [-0.2, -0.15) is 15.2 Å². The molecule has 47 heavy (non-hydrogen) atoms. The van der Waals surface area contributed by atoms with Crippen LogP contribution in [-0.4, -0.2) is 90.1 Å². The monoisotopic (exact) mass is 641 g/mol. The van der Waals surface area contributed by atoms with Crippen molar-refractivity contribution in [1.82, 2.24) is 19.8 Å². The molecule has 0 radical (unpaired) electrons. The molecule has 4 heterocycles. The third kappa shape index (κ3) is 6.35. The van der Waals surface area contributed by atoms with E-state index in [-0.39, 0.29) is 42.8 Å². The van der Waals surface area contributed by atoms with Crippen LogP contribution in [0.2, 0.25) is 0 Å². The number of aromatic nitrogens is 2. The molecule has 1 atom stereocenters. The minimum absolute atomic E-state index is 0.0909. The van der Waals surface area contributed by atoms with Gasteiger partial charge in [0.1, 0.15) is 5.82 Å². The lowest BCUT2D eigenvalue weighted by atomic mass is 9.99. The number of ether oxygens (including phenoxy) is 1. The Morgan fingerprint density at radius 2 is 1.91 bits per heavy atom. The third-order valence-electron chi connectivity index (χ3n) is 10.3. The summed E-state index contributed by atoms with van der Waals surface area (Å²) in [4.78, 5) is 30.7. The summed E-state index contributed by atoms with van der Waals surface area (Å²) in [6, 6.07) is 15.0. The van der Waals surface area contributed by atoms with Crippen LogP contribution in [0.1, 0.15) is 42.5 Å². The zero-order chi connectivity index (χ0) is 32.8. The zero-order valence-corrected chi connectivity index (χ0v) is 26.9. The summed E-state index contributed by atoms with van der Waals surface area (Å²) in [5, 5.41) is 12.0. The largest absolute Gasteiger partial charge is 0.463 e. The minimum Gasteiger partial charge on any atom is -0.463 e. The third-order valence-corrected chi connectivity index (χ3v) is 10.3. The molecule has 7 rings (SSSR count). The van der Waals surface area contributed by atoms with Gasteiger partial charge in [-0.3, -0.25) is 9.69 Å². The maximum atomic E-state index is 13.9. The smallest absolute Gasteiger partial charge is 0.318 e. The Labute approximate surface area is 274 Å². The van der Waals surface area contributed by atoms with Crippen LogP contribution >= 0.6 is 0 Å². The number of likely N-dealkylation sites (tertiary alicyclic amines) is 1. The van der Waals surface area contributed by atoms with Crippen molar-refractivity contribution in [2.75, 3.05) is 62.2 Å². The van der Waals surface area contributed by atoms with Crippen molar-refractivity contribution in [3.8, 4) is 12.1 Å². The molecule has 1 aliphatic carbocycles. The van der Waals surface area contributed by atoms with E-state index in [1.54, 1.807) is 4.90 Å². The number of alkyl halides is 2. The fourth-order valence-corrected chi connectivity index (χ4v) is 7.58. The summed E-state index contributed by atoms with van der Waals surface area (Å²) in [5.41, 5.74) is 4.18. The van der Waals surface area contributed by atoms with Gasteiger partial charge in [-0.05, 0) is 49.3 Å². The highest BCUT2D eigenvalue weighted by Gasteiger charge is 2.48. The fourth-order valence-electron chi connectivity index (χ4n) is 7.58. The predicted octanol–water partition coefficient (Wildman–Crippen LogP) is 5.12. The molecule has 1 saturated carbocycles. The molecule has 0 spiro atoms. The lowest BCUT2D eigenvalue weighted by Crippen LogP contribution is -2.55. The van der Waals surface area contributed by atoms with Crippen LogP contribution in [-0.2, 0) is 17.8 Å². The summed E-state index contributed by atoms with van der Waals surface area (Å²) in [6.07, 6.45) is 4.01. The van der Waals surface area contributed by atoms with Crippen LogP contribution in [0.3, 0.4) is 0 Å². The van der Waals surface area contributed by atoms with E-state index in [0.29, 0.717) is 45.9 Å². The Bertz CT molecular complexity index is 1730. The maximum Gasteiger partial charge on any atom is 0.318 e. The maximum absolute atomic E-state index is 13.9. The molecule has 2 aromatic carbocycles. The van der Waals surface area contributed by atoms with Crippen molar-refractivity contribution >= 4 is 28.2 Å². The molecular weight excluding hydrogens is 600 g/mol. The second kappa shape index (κ2) is 12.4. The topological polar surface area (TPSA) is 88.8 Å². The van der Waals surface area contributed by atoms with Crippen molar-refractivity contribution in [2.24, 2.45) is 5.41 Å². The average molecular weight is 642 g/mol. The van der Waals surface area contributed by atoms with Gasteiger partial charge >= 0.3 is 6.01 Å². The number of aryl methyl sites for hydroxylation is 1. The Hall–Kier alpha value is -4.30. The van der Waals surface area contributed by atoms with E-state index in [2.05, 4.69) is 65.8 Å². The molecule has 0 unspecified atom stereocenters. The number of nitrogens with zero attached hydrogens (tertiary/aromatic N) is 7. The summed E-state index contributed by atoms with van der Waals surface area (Å²) in [6.45, 7) is 9.81. The van der Waals surface area contributed by atoms with Gasteiger partial charge in [-0.25, -0.2) is 8.78 Å². The number of fused-ring (bicyclic) bond motifs is 2. The second-order valence-electron chi connectivity index (χ2n) is 13.7. The highest BCUT2D eigenvalue weighted by atomic mass is 19.3. The SMILES string of the molecule is C=CC(=O)N1CCN(c2nc(OCC3(CN4CCC(F)(F)C4)CC3)nc3c2CCN(c2cccc4cccc(C)c24)C3)C[C@@H]1CC#N. The number of anilines is 2. The van der Waals surface area contributed by atoms with Gasteiger partial charge in [0, 0.05) is 67.7 Å². The van der Waals surface area contributed by atoms with Crippen LogP contribution in [0.4, 0.5) is 20.3 Å². The van der Waals surface area contributed by atoms with Gasteiger partial charge in [0.15, 0.2) is 0 Å². The van der Waals surface area contributed by atoms with Crippen molar-refractivity contribution in [2.45, 2.75) is 57.5 Å². The number of amides is 1. The first kappa shape index (κ1) is 31.3. The van der Waals surface area contributed by atoms with Crippen molar-refractivity contribution < 1.29 is 18.3 Å². The van der Waals surface area contributed by atoms with Crippen molar-refractivity contribution in [3.63, 3.8) is 0 Å². The molecule has 3 fully saturated rings. The van der Waals surface area contributed by atoms with Crippen LogP contribution in [0.25, 0.3) is 10.8 Å². The highest BCUT2D eigenvalue weighted by Crippen LogP contribution is 2.48. The van der Waals surface area contributed by atoms with Gasteiger partial charge in [0.05, 0.1) is 43.9 Å². The summed E-state index contributed by atoms with van der Waals surface area (Å²) in [5.74, 6) is -2.01. The summed E-state index contributed by atoms with van der Waals surface area (Å²) >= 11 is 0. The standard InChI is InChI=1S/C36H41F2N7O2/c1-3-31(46)45-19-18-44(20-27(45)10-15-39)33-28-11-16-43(30-9-5-8-26-7-4-6-25(2)32(26)30)21-29(28)40-34(41-33)47-24-35(12-13-35)22-42-17-14-36(37,38)23-42/h3-9,27H,1,10-14,16-24H2,2H3/t27-/m0/s1. The number of benzene rings is 2. The number of piperazine rings is 1. The first-order valence-corrected chi connectivity index (χ1v) is 16.6. The lowest BCUT2D eigenvalue weighted by molar-refractivity contribution is -0.128.